The first-order chi connectivity index (χ1) is 9.79. The summed E-state index contributed by atoms with van der Waals surface area (Å²) in [6, 6.07) is 8.31. The third-order valence-corrected chi connectivity index (χ3v) is 3.86. The van der Waals surface area contributed by atoms with Crippen molar-refractivity contribution in [1.29, 1.82) is 0 Å². The number of hydrogen-bond donors (Lipinski definition) is 1. The number of aromatic amines is 1. The average molecular weight is 272 g/mol. The van der Waals surface area contributed by atoms with E-state index in [0.29, 0.717) is 13.2 Å². The van der Waals surface area contributed by atoms with Crippen LogP contribution in [0.15, 0.2) is 24.3 Å². The fraction of sp³-hybridized carbons (Fsp3) is 0.438. The molecule has 4 nitrogen and oxygen atoms in total. The summed E-state index contributed by atoms with van der Waals surface area (Å²) in [5.74, 6) is 0. The quantitative estimate of drug-likeness (QED) is 0.870. The minimum Gasteiger partial charge on any atom is -0.449 e. The van der Waals surface area contributed by atoms with Crippen LogP contribution in [-0.2, 0) is 17.7 Å². The molecule has 106 valence electrons. The van der Waals surface area contributed by atoms with Crippen molar-refractivity contribution in [2.45, 2.75) is 32.7 Å². The fourth-order valence-corrected chi connectivity index (χ4v) is 2.74. The van der Waals surface area contributed by atoms with Gasteiger partial charge in [-0.05, 0) is 24.5 Å². The van der Waals surface area contributed by atoms with Crippen molar-refractivity contribution in [3.05, 3.63) is 35.5 Å². The first kappa shape index (κ1) is 13.0. The van der Waals surface area contributed by atoms with Gasteiger partial charge >= 0.3 is 6.09 Å². The van der Waals surface area contributed by atoms with Crippen molar-refractivity contribution < 1.29 is 9.53 Å². The molecule has 20 heavy (non-hydrogen) atoms. The first-order valence-electron chi connectivity index (χ1n) is 7.29. The van der Waals surface area contributed by atoms with Crippen LogP contribution in [-0.4, -0.2) is 29.1 Å². The summed E-state index contributed by atoms with van der Waals surface area (Å²) >= 11 is 0. The number of carbonyl (C=O) groups is 1. The van der Waals surface area contributed by atoms with Gasteiger partial charge in [0, 0.05) is 23.1 Å². The molecular formula is C16H20N2O2. The minimum absolute atomic E-state index is 0.192. The monoisotopic (exact) mass is 272 g/mol. The molecule has 1 aromatic heterocycles. The van der Waals surface area contributed by atoms with Crippen LogP contribution in [0.4, 0.5) is 4.79 Å². The predicted molar refractivity (Wildman–Crippen MR) is 78.7 cm³/mol. The van der Waals surface area contributed by atoms with E-state index in [9.17, 15) is 4.79 Å². The van der Waals surface area contributed by atoms with E-state index in [1.807, 2.05) is 6.07 Å². The summed E-state index contributed by atoms with van der Waals surface area (Å²) in [5.41, 5.74) is 3.64. The van der Waals surface area contributed by atoms with Gasteiger partial charge in [0.2, 0.25) is 0 Å². The van der Waals surface area contributed by atoms with Crippen LogP contribution in [0.5, 0.6) is 0 Å². The maximum Gasteiger partial charge on any atom is 0.410 e. The van der Waals surface area contributed by atoms with Crippen molar-refractivity contribution in [3.63, 3.8) is 0 Å². The van der Waals surface area contributed by atoms with Crippen LogP contribution in [0.1, 0.15) is 31.0 Å². The zero-order chi connectivity index (χ0) is 13.9. The van der Waals surface area contributed by atoms with Crippen molar-refractivity contribution in [2.75, 3.05) is 13.2 Å². The molecule has 0 saturated heterocycles. The molecule has 1 amide bonds. The van der Waals surface area contributed by atoms with E-state index in [0.717, 1.165) is 37.0 Å². The molecule has 1 aliphatic heterocycles. The molecule has 1 N–H and O–H groups in total. The van der Waals surface area contributed by atoms with E-state index in [1.54, 1.807) is 4.90 Å². The van der Waals surface area contributed by atoms with Crippen LogP contribution in [0, 0.1) is 0 Å². The third kappa shape index (κ3) is 2.38. The number of aromatic nitrogens is 1. The Morgan fingerprint density at radius 2 is 2.25 bits per heavy atom. The summed E-state index contributed by atoms with van der Waals surface area (Å²) in [4.78, 5) is 17.2. The number of ether oxygens (including phenoxy) is 1. The van der Waals surface area contributed by atoms with E-state index < -0.39 is 0 Å². The lowest BCUT2D eigenvalue weighted by atomic mass is 10.0. The maximum absolute atomic E-state index is 12.0. The number of benzene rings is 1. The summed E-state index contributed by atoms with van der Waals surface area (Å²) in [7, 11) is 0. The van der Waals surface area contributed by atoms with Gasteiger partial charge in [-0.2, -0.15) is 0 Å². The summed E-state index contributed by atoms with van der Waals surface area (Å²) in [5, 5.41) is 1.28. The number of rotatable bonds is 3. The highest BCUT2D eigenvalue weighted by Crippen LogP contribution is 2.27. The molecule has 2 heterocycles. The number of hydrogen-bond acceptors (Lipinski definition) is 2. The van der Waals surface area contributed by atoms with Crippen LogP contribution in [0.3, 0.4) is 0 Å². The number of para-hydroxylation sites is 1. The number of H-pyrrole nitrogens is 1. The molecule has 0 fully saturated rings. The highest BCUT2D eigenvalue weighted by atomic mass is 16.6. The standard InChI is InChI=1S/C16H20N2O2/c1-2-3-10-20-16(19)18-9-8-13-12-6-4-5-7-14(12)17-15(13)11-18/h4-7,17H,2-3,8-11H2,1H3. The van der Waals surface area contributed by atoms with Gasteiger partial charge in [-0.25, -0.2) is 4.79 Å². The van der Waals surface area contributed by atoms with Crippen LogP contribution in [0.25, 0.3) is 10.9 Å². The van der Waals surface area contributed by atoms with Gasteiger partial charge in [-0.1, -0.05) is 31.5 Å². The minimum atomic E-state index is -0.192. The second-order valence-corrected chi connectivity index (χ2v) is 5.27. The predicted octanol–water partition coefficient (Wildman–Crippen LogP) is 3.46. The Morgan fingerprint density at radius 3 is 3.10 bits per heavy atom. The number of fused-ring (bicyclic) bond motifs is 3. The van der Waals surface area contributed by atoms with Crippen molar-refractivity contribution >= 4 is 17.0 Å². The molecule has 1 aromatic carbocycles. The number of nitrogens with zero attached hydrogens (tertiary/aromatic N) is 1. The van der Waals surface area contributed by atoms with E-state index >= 15 is 0 Å². The topological polar surface area (TPSA) is 45.3 Å². The Bertz CT molecular complexity index is 618. The molecule has 0 bridgehead atoms. The zero-order valence-electron chi connectivity index (χ0n) is 11.8. The summed E-state index contributed by atoms with van der Waals surface area (Å²) < 4.78 is 5.28. The van der Waals surface area contributed by atoms with Gasteiger partial charge in [0.05, 0.1) is 13.2 Å². The second-order valence-electron chi connectivity index (χ2n) is 5.27. The smallest absolute Gasteiger partial charge is 0.410 e. The second kappa shape index (κ2) is 5.57. The van der Waals surface area contributed by atoms with E-state index in [2.05, 4.69) is 30.1 Å². The number of carbonyl (C=O) groups excluding carboxylic acids is 1. The fourth-order valence-electron chi connectivity index (χ4n) is 2.74. The Balaban J connectivity index is 1.73. The maximum atomic E-state index is 12.0. The zero-order valence-corrected chi connectivity index (χ0v) is 11.8. The Hall–Kier alpha value is -1.97. The van der Waals surface area contributed by atoms with Gasteiger partial charge in [0.1, 0.15) is 0 Å². The SMILES string of the molecule is CCCCOC(=O)N1CCc2c([nH]c3ccccc23)C1. The van der Waals surface area contributed by atoms with Crippen LogP contribution >= 0.6 is 0 Å². The molecule has 0 spiro atoms. The van der Waals surface area contributed by atoms with Crippen molar-refractivity contribution in [2.24, 2.45) is 0 Å². The van der Waals surface area contributed by atoms with Crippen LogP contribution < -0.4 is 0 Å². The van der Waals surface area contributed by atoms with Gasteiger partial charge in [-0.15, -0.1) is 0 Å². The molecule has 0 saturated carbocycles. The lowest BCUT2D eigenvalue weighted by Gasteiger charge is -2.26. The molecule has 0 unspecified atom stereocenters. The average Bonchev–Trinajstić information content (AvgIpc) is 2.85. The van der Waals surface area contributed by atoms with E-state index in [1.165, 1.54) is 10.9 Å². The van der Waals surface area contributed by atoms with Gasteiger partial charge in [0.15, 0.2) is 0 Å². The summed E-state index contributed by atoms with van der Waals surface area (Å²) in [6.07, 6.45) is 2.67. The lowest BCUT2D eigenvalue weighted by Crippen LogP contribution is -2.36. The normalized spacial score (nSPS) is 14.3. The Labute approximate surface area is 118 Å². The number of unbranched alkanes of at least 4 members (excludes halogenated alkanes) is 1. The molecule has 2 aromatic rings. The number of amides is 1. The molecule has 0 aliphatic carbocycles. The molecule has 1 aliphatic rings. The molecule has 0 radical (unpaired) electrons. The van der Waals surface area contributed by atoms with E-state index in [-0.39, 0.29) is 6.09 Å². The number of nitrogens with one attached hydrogen (secondary N) is 1. The van der Waals surface area contributed by atoms with Crippen LogP contribution in [0.2, 0.25) is 0 Å². The molecule has 4 heteroatoms. The highest BCUT2D eigenvalue weighted by molar-refractivity contribution is 5.85. The van der Waals surface area contributed by atoms with E-state index in [4.69, 9.17) is 4.74 Å². The van der Waals surface area contributed by atoms with Gasteiger partial charge in [-0.3, -0.25) is 0 Å². The van der Waals surface area contributed by atoms with Crippen molar-refractivity contribution in [1.82, 2.24) is 9.88 Å². The largest absolute Gasteiger partial charge is 0.449 e. The molecule has 0 atom stereocenters. The highest BCUT2D eigenvalue weighted by Gasteiger charge is 2.24. The summed E-state index contributed by atoms with van der Waals surface area (Å²) in [6.45, 7) is 3.96. The lowest BCUT2D eigenvalue weighted by molar-refractivity contribution is 0.0962. The third-order valence-electron chi connectivity index (χ3n) is 3.86. The molecular weight excluding hydrogens is 252 g/mol. The first-order valence-corrected chi connectivity index (χ1v) is 7.29. The Morgan fingerprint density at radius 1 is 1.40 bits per heavy atom. The van der Waals surface area contributed by atoms with Gasteiger partial charge < -0.3 is 14.6 Å². The molecule has 3 rings (SSSR count). The van der Waals surface area contributed by atoms with Gasteiger partial charge in [0.25, 0.3) is 0 Å². The Kier molecular flexibility index (Phi) is 3.63. The van der Waals surface area contributed by atoms with Crippen molar-refractivity contribution in [3.8, 4) is 0 Å².